The van der Waals surface area contributed by atoms with Gasteiger partial charge in [0.15, 0.2) is 0 Å². The molecule has 1 saturated heterocycles. The summed E-state index contributed by atoms with van der Waals surface area (Å²) in [6.07, 6.45) is 0. The van der Waals surface area contributed by atoms with E-state index in [2.05, 4.69) is 0 Å². The first-order valence-corrected chi connectivity index (χ1v) is 14.6. The molecule has 0 unspecified atom stereocenters. The summed E-state index contributed by atoms with van der Waals surface area (Å²) in [5.41, 5.74) is 0.180. The van der Waals surface area contributed by atoms with Crippen LogP contribution in [0.15, 0.2) is 24.3 Å². The summed E-state index contributed by atoms with van der Waals surface area (Å²) in [4.78, 5) is 10.2. The van der Waals surface area contributed by atoms with Crippen LogP contribution in [0.4, 0.5) is 5.69 Å². The number of nitro groups is 1. The van der Waals surface area contributed by atoms with Gasteiger partial charge in [0.1, 0.15) is 0 Å². The predicted octanol–water partition coefficient (Wildman–Crippen LogP) is 1.79. The molecule has 1 heterocycles. The number of hydrogen-bond acceptors (Lipinski definition) is 5. The van der Waals surface area contributed by atoms with Crippen LogP contribution in [0.1, 0.15) is 0 Å². The van der Waals surface area contributed by atoms with Crippen molar-refractivity contribution in [3.05, 3.63) is 34.4 Å². The summed E-state index contributed by atoms with van der Waals surface area (Å²) < 4.78 is 6.74. The van der Waals surface area contributed by atoms with Gasteiger partial charge >= 0.3 is 113 Å². The normalized spacial score (nSPS) is 18.4. The monoisotopic (exact) mass is 379 g/mol. The zero-order valence-corrected chi connectivity index (χ0v) is 13.3. The van der Waals surface area contributed by atoms with Crippen molar-refractivity contribution in [1.82, 2.24) is 0 Å². The number of non-ortho nitro benzene ring substituents is 1. The van der Waals surface area contributed by atoms with Crippen LogP contribution in [-0.2, 0) is 4.74 Å². The Morgan fingerprint density at radius 1 is 1.18 bits per heavy atom. The fourth-order valence-electron chi connectivity index (χ4n) is 1.34. The second-order valence-electron chi connectivity index (χ2n) is 3.31. The fourth-order valence-corrected chi connectivity index (χ4v) is 17.0. The Bertz CT molecular complexity index is 380. The molecule has 0 atom stereocenters. The Labute approximate surface area is 112 Å². The van der Waals surface area contributed by atoms with Crippen LogP contribution >= 0.6 is 17.7 Å². The molecule has 92 valence electrons. The minimum atomic E-state index is -1.54. The van der Waals surface area contributed by atoms with Crippen LogP contribution in [0.2, 0.25) is 0 Å². The molecular formula is C10H12NO3S2Sb. The molecule has 7 heteroatoms. The Morgan fingerprint density at radius 3 is 2.29 bits per heavy atom. The first kappa shape index (κ1) is 13.5. The Morgan fingerprint density at radius 2 is 1.76 bits per heavy atom. The van der Waals surface area contributed by atoms with Gasteiger partial charge in [-0.3, -0.25) is 0 Å². The maximum atomic E-state index is 10.6. The van der Waals surface area contributed by atoms with Gasteiger partial charge in [-0.05, 0) is 0 Å². The third-order valence-electron chi connectivity index (χ3n) is 2.14. The quantitative estimate of drug-likeness (QED) is 0.445. The third kappa shape index (κ3) is 4.05. The van der Waals surface area contributed by atoms with Crippen molar-refractivity contribution in [2.45, 2.75) is 0 Å². The van der Waals surface area contributed by atoms with Gasteiger partial charge in [-0.2, -0.15) is 0 Å². The van der Waals surface area contributed by atoms with E-state index in [0.29, 0.717) is 0 Å². The van der Waals surface area contributed by atoms with Gasteiger partial charge in [0.2, 0.25) is 0 Å². The maximum absolute atomic E-state index is 10.6. The van der Waals surface area contributed by atoms with Crippen LogP contribution in [-0.4, -0.2) is 47.0 Å². The number of rotatable bonds is 2. The van der Waals surface area contributed by atoms with Crippen LogP contribution in [0.3, 0.4) is 0 Å². The molecule has 1 aromatic rings. The topological polar surface area (TPSA) is 52.4 Å². The average molecular weight is 380 g/mol. The molecule has 0 aliphatic carbocycles. The van der Waals surface area contributed by atoms with E-state index >= 15 is 0 Å². The van der Waals surface area contributed by atoms with Gasteiger partial charge in [-0.1, -0.05) is 0 Å². The standard InChI is InChI=1S/C6H4NO2.C4H10OS2.Sb/c8-7(9)6-4-2-1-3-5-6;6-3-1-5-2-4-7;/h2-5H;6-7H,1-4H2;/q;;+2/p-2. The predicted molar refractivity (Wildman–Crippen MR) is 74.2 cm³/mol. The van der Waals surface area contributed by atoms with E-state index in [1.807, 2.05) is 29.8 Å². The molecule has 0 aromatic heterocycles. The van der Waals surface area contributed by atoms with Crippen molar-refractivity contribution in [3.8, 4) is 0 Å². The summed E-state index contributed by atoms with van der Waals surface area (Å²) in [5.74, 6) is 2.10. The van der Waals surface area contributed by atoms with E-state index in [1.54, 1.807) is 12.1 Å². The summed E-state index contributed by atoms with van der Waals surface area (Å²) in [7, 11) is 4.03. The van der Waals surface area contributed by atoms with Gasteiger partial charge in [0.05, 0.1) is 0 Å². The molecule has 1 aliphatic heterocycles. The summed E-state index contributed by atoms with van der Waals surface area (Å²) in [6.45, 7) is 1.66. The van der Waals surface area contributed by atoms with Crippen molar-refractivity contribution in [3.63, 3.8) is 0 Å². The van der Waals surface area contributed by atoms with Gasteiger partial charge in [0, 0.05) is 0 Å². The van der Waals surface area contributed by atoms with E-state index in [1.165, 1.54) is 3.51 Å². The van der Waals surface area contributed by atoms with Crippen LogP contribution in [0.25, 0.3) is 0 Å². The average Bonchev–Trinajstić information content (AvgIpc) is 2.29. The molecule has 1 aromatic carbocycles. The fraction of sp³-hybridized carbons (Fsp3) is 0.400. The van der Waals surface area contributed by atoms with Gasteiger partial charge < -0.3 is 0 Å². The molecule has 0 saturated carbocycles. The number of hydrogen-bond donors (Lipinski definition) is 0. The molecule has 17 heavy (non-hydrogen) atoms. The minimum absolute atomic E-state index is 0.180. The van der Waals surface area contributed by atoms with Gasteiger partial charge in [-0.15, -0.1) is 0 Å². The Hall–Kier alpha value is 0.0982. The second kappa shape index (κ2) is 6.88. The molecule has 0 bridgehead atoms. The molecule has 4 nitrogen and oxygen atoms in total. The van der Waals surface area contributed by atoms with E-state index in [-0.39, 0.29) is 10.6 Å². The van der Waals surface area contributed by atoms with Crippen molar-refractivity contribution in [2.75, 3.05) is 24.7 Å². The van der Waals surface area contributed by atoms with Crippen molar-refractivity contribution in [1.29, 1.82) is 0 Å². The van der Waals surface area contributed by atoms with Crippen LogP contribution in [0.5, 0.6) is 0 Å². The number of nitrogens with zero attached hydrogens (tertiary/aromatic N) is 1. The summed E-state index contributed by atoms with van der Waals surface area (Å²) in [5, 5.41) is 10.6. The molecule has 0 amide bonds. The van der Waals surface area contributed by atoms with Crippen LogP contribution < -0.4 is 3.51 Å². The summed E-state index contributed by atoms with van der Waals surface area (Å²) in [6, 6.07) is 7.11. The van der Waals surface area contributed by atoms with Crippen molar-refractivity contribution in [2.24, 2.45) is 0 Å². The molecule has 0 spiro atoms. The Kier molecular flexibility index (Phi) is 5.47. The van der Waals surface area contributed by atoms with E-state index in [4.69, 9.17) is 4.74 Å². The third-order valence-corrected chi connectivity index (χ3v) is 19.6. The molecule has 1 aliphatic rings. The SMILES string of the molecule is O=[N+]([O-])c1cc[c]([Sb]2[S]CCOCC[S]2)cc1. The molecule has 0 radical (unpaired) electrons. The molecule has 1 fully saturated rings. The molecule has 0 N–H and O–H groups in total. The van der Waals surface area contributed by atoms with Crippen molar-refractivity contribution < 1.29 is 9.66 Å². The van der Waals surface area contributed by atoms with E-state index in [0.717, 1.165) is 24.7 Å². The van der Waals surface area contributed by atoms with Crippen molar-refractivity contribution >= 4 is 44.3 Å². The molecular weight excluding hydrogens is 368 g/mol. The molecule has 2 rings (SSSR count). The van der Waals surface area contributed by atoms with E-state index in [9.17, 15) is 10.1 Å². The van der Waals surface area contributed by atoms with Gasteiger partial charge in [-0.25, -0.2) is 0 Å². The zero-order valence-electron chi connectivity index (χ0n) is 9.07. The number of benzene rings is 1. The van der Waals surface area contributed by atoms with Gasteiger partial charge in [0.25, 0.3) is 0 Å². The number of ether oxygens (including phenoxy) is 1. The number of nitro benzene ring substituents is 1. The second-order valence-corrected chi connectivity index (χ2v) is 18.5. The summed E-state index contributed by atoms with van der Waals surface area (Å²) >= 11 is -1.54. The van der Waals surface area contributed by atoms with Crippen LogP contribution in [0, 0.1) is 10.1 Å². The Balaban J connectivity index is 2.06. The van der Waals surface area contributed by atoms with E-state index < -0.39 is 17.4 Å². The zero-order chi connectivity index (χ0) is 12.1. The first-order valence-electron chi connectivity index (χ1n) is 5.15. The first-order chi connectivity index (χ1) is 8.27.